The predicted molar refractivity (Wildman–Crippen MR) is 112 cm³/mol. The first kappa shape index (κ1) is 22.0. The zero-order valence-electron chi connectivity index (χ0n) is 17.5. The number of urea groups is 1. The molecular weight excluding hydrogens is 443 g/mol. The first-order valence-corrected chi connectivity index (χ1v) is 10.5. The quantitative estimate of drug-likeness (QED) is 0.719. The zero-order chi connectivity index (χ0) is 23.0. The van der Waals surface area contributed by atoms with Gasteiger partial charge in [-0.25, -0.2) is 14.2 Å². The highest BCUT2D eigenvalue weighted by Gasteiger charge is 2.37. The van der Waals surface area contributed by atoms with Gasteiger partial charge in [-0.3, -0.25) is 19.1 Å². The molecule has 1 unspecified atom stereocenters. The van der Waals surface area contributed by atoms with E-state index in [1.54, 1.807) is 6.92 Å². The van der Waals surface area contributed by atoms with Crippen molar-refractivity contribution in [2.75, 3.05) is 25.5 Å². The van der Waals surface area contributed by atoms with Gasteiger partial charge in [-0.1, -0.05) is 11.6 Å². The number of halogens is 2. The largest absolute Gasteiger partial charge is 0.354 e. The standard InChI is InChI=1S/C20H22ClFN6O4/c1-3-23-18(29)16-10-28-17(19(30)26(2)32-16)12-9-27(7-6-15(12)25-28)20(31)24-11-4-5-14(22)13(21)8-11/h4-5,8,16H,3,6-7,9-10H2,1-2H3,(H,23,29)(H,24,31). The summed E-state index contributed by atoms with van der Waals surface area (Å²) in [6, 6.07) is 3.50. The van der Waals surface area contributed by atoms with E-state index in [-0.39, 0.29) is 29.7 Å². The molecule has 12 heteroatoms. The molecule has 2 aliphatic heterocycles. The van der Waals surface area contributed by atoms with Crippen LogP contribution in [-0.2, 0) is 29.1 Å². The van der Waals surface area contributed by atoms with Crippen molar-refractivity contribution in [3.8, 4) is 0 Å². The van der Waals surface area contributed by atoms with E-state index in [9.17, 15) is 18.8 Å². The van der Waals surface area contributed by atoms with Gasteiger partial charge < -0.3 is 15.5 Å². The summed E-state index contributed by atoms with van der Waals surface area (Å²) in [6.45, 7) is 2.83. The van der Waals surface area contributed by atoms with Crippen LogP contribution < -0.4 is 10.6 Å². The Hall–Kier alpha value is -3.18. The minimum Gasteiger partial charge on any atom is -0.354 e. The van der Waals surface area contributed by atoms with E-state index in [1.807, 2.05) is 0 Å². The van der Waals surface area contributed by atoms with E-state index in [4.69, 9.17) is 16.4 Å². The van der Waals surface area contributed by atoms with Crippen LogP contribution in [0.2, 0.25) is 5.02 Å². The fraction of sp³-hybridized carbons (Fsp3) is 0.400. The number of nitrogens with zero attached hydrogens (tertiary/aromatic N) is 4. The van der Waals surface area contributed by atoms with Crippen molar-refractivity contribution < 1.29 is 23.6 Å². The van der Waals surface area contributed by atoms with E-state index >= 15 is 0 Å². The molecule has 2 aliphatic rings. The summed E-state index contributed by atoms with van der Waals surface area (Å²) >= 11 is 5.78. The maximum Gasteiger partial charge on any atom is 0.322 e. The van der Waals surface area contributed by atoms with E-state index in [1.165, 1.54) is 34.8 Å². The lowest BCUT2D eigenvalue weighted by atomic mass is 10.1. The number of aromatic nitrogens is 2. The first-order valence-electron chi connectivity index (χ1n) is 10.1. The third kappa shape index (κ3) is 4.13. The smallest absolute Gasteiger partial charge is 0.322 e. The van der Waals surface area contributed by atoms with Crippen LogP contribution >= 0.6 is 11.6 Å². The summed E-state index contributed by atoms with van der Waals surface area (Å²) in [5.41, 5.74) is 1.96. The summed E-state index contributed by atoms with van der Waals surface area (Å²) in [7, 11) is 1.44. The van der Waals surface area contributed by atoms with Crippen molar-refractivity contribution in [3.05, 3.63) is 46.0 Å². The van der Waals surface area contributed by atoms with Crippen LogP contribution in [0.4, 0.5) is 14.9 Å². The van der Waals surface area contributed by atoms with Gasteiger partial charge in [-0.15, -0.1) is 0 Å². The second kappa shape index (κ2) is 8.75. The number of carbonyl (C=O) groups is 3. The van der Waals surface area contributed by atoms with Gasteiger partial charge >= 0.3 is 6.03 Å². The maximum atomic E-state index is 13.4. The highest BCUT2D eigenvalue weighted by atomic mass is 35.5. The summed E-state index contributed by atoms with van der Waals surface area (Å²) in [4.78, 5) is 45.1. The molecule has 0 bridgehead atoms. The Kier molecular flexibility index (Phi) is 6.02. The Morgan fingerprint density at radius 3 is 2.88 bits per heavy atom. The zero-order valence-corrected chi connectivity index (χ0v) is 18.3. The molecule has 1 aromatic heterocycles. The number of hydrogen-bond acceptors (Lipinski definition) is 5. The predicted octanol–water partition coefficient (Wildman–Crippen LogP) is 1.79. The molecule has 2 N–H and O–H groups in total. The molecule has 1 atom stereocenters. The normalized spacial score (nSPS) is 18.0. The molecule has 0 aliphatic carbocycles. The minimum atomic E-state index is -0.908. The maximum absolute atomic E-state index is 13.4. The van der Waals surface area contributed by atoms with Gasteiger partial charge in [0.2, 0.25) is 0 Å². The molecule has 0 radical (unpaired) electrons. The molecule has 0 saturated heterocycles. The van der Waals surface area contributed by atoms with E-state index in [0.717, 1.165) is 5.06 Å². The first-order chi connectivity index (χ1) is 15.3. The number of hydrogen-bond donors (Lipinski definition) is 2. The molecular formula is C20H22ClFN6O4. The van der Waals surface area contributed by atoms with Crippen LogP contribution in [-0.4, -0.2) is 63.8 Å². The second-order valence-corrected chi connectivity index (χ2v) is 7.89. The summed E-state index contributed by atoms with van der Waals surface area (Å²) < 4.78 is 14.9. The molecule has 0 spiro atoms. The number of anilines is 1. The molecule has 4 rings (SSSR count). The fourth-order valence-corrected chi connectivity index (χ4v) is 3.93. The molecule has 170 valence electrons. The second-order valence-electron chi connectivity index (χ2n) is 7.48. The van der Waals surface area contributed by atoms with E-state index < -0.39 is 23.9 Å². The van der Waals surface area contributed by atoms with E-state index in [0.29, 0.717) is 36.5 Å². The van der Waals surface area contributed by atoms with Gasteiger partial charge in [0.15, 0.2) is 6.10 Å². The van der Waals surface area contributed by atoms with Crippen molar-refractivity contribution in [2.24, 2.45) is 0 Å². The Labute approximate surface area is 188 Å². The molecule has 2 aromatic rings. The van der Waals surface area contributed by atoms with Gasteiger partial charge in [0.25, 0.3) is 11.8 Å². The third-order valence-corrected chi connectivity index (χ3v) is 5.61. The molecule has 4 amide bonds. The summed E-state index contributed by atoms with van der Waals surface area (Å²) in [5, 5.41) is 10.8. The van der Waals surface area contributed by atoms with Crippen LogP contribution in [0.5, 0.6) is 0 Å². The van der Waals surface area contributed by atoms with Crippen molar-refractivity contribution in [3.63, 3.8) is 0 Å². The van der Waals surface area contributed by atoms with Crippen LogP contribution in [0.25, 0.3) is 0 Å². The number of amides is 4. The number of rotatable bonds is 3. The van der Waals surface area contributed by atoms with Crippen molar-refractivity contribution >= 4 is 35.1 Å². The van der Waals surface area contributed by atoms with Gasteiger partial charge in [0, 0.05) is 37.8 Å². The Bertz CT molecular complexity index is 1090. The molecule has 10 nitrogen and oxygen atoms in total. The van der Waals surface area contributed by atoms with E-state index in [2.05, 4.69) is 15.7 Å². The number of carbonyl (C=O) groups excluding carboxylic acids is 3. The number of benzene rings is 1. The topological polar surface area (TPSA) is 109 Å². The van der Waals surface area contributed by atoms with Gasteiger partial charge in [0.1, 0.15) is 11.5 Å². The van der Waals surface area contributed by atoms with Crippen LogP contribution in [0.1, 0.15) is 28.7 Å². The minimum absolute atomic E-state index is 0.0739. The fourth-order valence-electron chi connectivity index (χ4n) is 3.74. The van der Waals surface area contributed by atoms with Crippen molar-refractivity contribution in [2.45, 2.75) is 32.5 Å². The molecule has 1 aromatic carbocycles. The average molecular weight is 465 g/mol. The Balaban J connectivity index is 1.56. The summed E-state index contributed by atoms with van der Waals surface area (Å²) in [5.74, 6) is -1.36. The molecule has 0 saturated carbocycles. The van der Waals surface area contributed by atoms with Gasteiger partial charge in [-0.05, 0) is 25.1 Å². The number of fused-ring (bicyclic) bond motifs is 3. The Morgan fingerprint density at radius 2 is 2.16 bits per heavy atom. The van der Waals surface area contributed by atoms with Crippen LogP contribution in [0.3, 0.4) is 0 Å². The lowest BCUT2D eigenvalue weighted by Gasteiger charge is -2.27. The number of nitrogens with one attached hydrogen (secondary N) is 2. The number of hydroxylamine groups is 2. The number of likely N-dealkylation sites (N-methyl/N-ethyl adjacent to an activating group) is 1. The van der Waals surface area contributed by atoms with Crippen molar-refractivity contribution in [1.82, 2.24) is 25.1 Å². The lowest BCUT2D eigenvalue weighted by molar-refractivity contribution is -0.168. The van der Waals surface area contributed by atoms with Crippen molar-refractivity contribution in [1.29, 1.82) is 0 Å². The van der Waals surface area contributed by atoms with Gasteiger partial charge in [0.05, 0.1) is 23.8 Å². The third-order valence-electron chi connectivity index (χ3n) is 5.32. The monoisotopic (exact) mass is 464 g/mol. The Morgan fingerprint density at radius 1 is 1.38 bits per heavy atom. The lowest BCUT2D eigenvalue weighted by Crippen LogP contribution is -2.42. The molecule has 32 heavy (non-hydrogen) atoms. The summed E-state index contributed by atoms with van der Waals surface area (Å²) in [6.07, 6.45) is -0.467. The van der Waals surface area contributed by atoms with Crippen LogP contribution in [0.15, 0.2) is 18.2 Å². The highest BCUT2D eigenvalue weighted by Crippen LogP contribution is 2.27. The average Bonchev–Trinajstić information content (AvgIpc) is 3.06. The molecule has 0 fully saturated rings. The van der Waals surface area contributed by atoms with Gasteiger partial charge in [-0.2, -0.15) is 5.10 Å². The molecule has 3 heterocycles. The SMILES string of the molecule is CCNC(=O)C1Cn2nc3c(c2C(=O)N(C)O1)CN(C(=O)Nc1ccc(F)c(Cl)c1)CC3. The highest BCUT2D eigenvalue weighted by molar-refractivity contribution is 6.31. The van der Waals surface area contributed by atoms with Crippen LogP contribution in [0, 0.1) is 5.82 Å².